The molecule has 3 rings (SSSR count). The van der Waals surface area contributed by atoms with E-state index in [1.54, 1.807) is 46.2 Å². The van der Waals surface area contributed by atoms with E-state index in [1.807, 2.05) is 19.9 Å². The molecule has 13 heteroatoms. The Hall–Kier alpha value is -1.59. The van der Waals surface area contributed by atoms with Crippen molar-refractivity contribution in [1.82, 2.24) is 4.90 Å². The zero-order chi connectivity index (χ0) is 43.3. The standard InChI is InChI=1S/C45H79NO12/c1-11-13-16-33(47)26-36(49)31(7)40(29(5)23-32-18-19-35(48)37(25-32)54-8)57-44(52)34-17-14-15-20-46(34)43(51)42(50)45(53)30(6)24-39(56-10)41(58-45)38(55-9)22-28(4)21-27(3)12-2/h11-12,23,28,30-32,34-44,48-53H,1,13-22,24-26H2,2-10H3. The maximum Gasteiger partial charge on any atom is 0.199 e. The number of ketones is 1. The number of aliphatic hydroxyl groups excluding tert-OH is 5. The molecule has 6 N–H and O–H groups in total. The van der Waals surface area contributed by atoms with Crippen molar-refractivity contribution in [3.8, 4) is 0 Å². The van der Waals surface area contributed by atoms with E-state index in [0.717, 1.165) is 24.8 Å². The topological polar surface area (TPSA) is 188 Å². The summed E-state index contributed by atoms with van der Waals surface area (Å²) in [4.78, 5) is 14.3. The van der Waals surface area contributed by atoms with Gasteiger partial charge in [-0.1, -0.05) is 51.0 Å². The number of nitrogens with zero attached hydrogens (tertiary/aromatic N) is 1. The highest BCUT2D eigenvalue weighted by molar-refractivity contribution is 5.79. The van der Waals surface area contributed by atoms with Gasteiger partial charge >= 0.3 is 0 Å². The molecule has 1 aliphatic carbocycles. The molecule has 3 aliphatic rings. The first-order valence-electron chi connectivity index (χ1n) is 21.7. The summed E-state index contributed by atoms with van der Waals surface area (Å²) in [7, 11) is 4.76. The van der Waals surface area contributed by atoms with E-state index in [2.05, 4.69) is 26.5 Å². The smallest absolute Gasteiger partial charge is 0.199 e. The number of hydrogen-bond acceptors (Lipinski definition) is 13. The fourth-order valence-corrected chi connectivity index (χ4v) is 9.38. The lowest BCUT2D eigenvalue weighted by molar-refractivity contribution is -0.370. The largest absolute Gasteiger partial charge is 0.392 e. The van der Waals surface area contributed by atoms with Gasteiger partial charge in [0.2, 0.25) is 0 Å². The Bertz CT molecular complexity index is 1310. The Labute approximate surface area is 348 Å². The summed E-state index contributed by atoms with van der Waals surface area (Å²) in [6.07, 6.45) is 2.68. The quantitative estimate of drug-likeness (QED) is 0.0611. The van der Waals surface area contributed by atoms with Crippen LogP contribution in [-0.4, -0.2) is 142 Å². The molecule has 0 spiro atoms. The van der Waals surface area contributed by atoms with Crippen molar-refractivity contribution >= 4 is 5.78 Å². The summed E-state index contributed by atoms with van der Waals surface area (Å²) in [6, 6.07) is -0.789. The van der Waals surface area contributed by atoms with E-state index in [-0.39, 0.29) is 36.6 Å². The van der Waals surface area contributed by atoms with Crippen molar-refractivity contribution in [2.75, 3.05) is 27.9 Å². The van der Waals surface area contributed by atoms with Gasteiger partial charge in [-0.15, -0.1) is 6.58 Å². The second kappa shape index (κ2) is 24.2. The molecule has 0 radical (unpaired) electrons. The fourth-order valence-electron chi connectivity index (χ4n) is 9.38. The lowest BCUT2D eigenvalue weighted by atomic mass is 9.81. The number of allylic oxidation sites excluding steroid dienone is 4. The van der Waals surface area contributed by atoms with Gasteiger partial charge in [-0.25, -0.2) is 0 Å². The maximum absolute atomic E-state index is 12.7. The monoisotopic (exact) mass is 826 g/mol. The van der Waals surface area contributed by atoms with Crippen LogP contribution in [0.2, 0.25) is 0 Å². The summed E-state index contributed by atoms with van der Waals surface area (Å²) in [5.74, 6) is -3.25. The number of ether oxygens (including phenoxy) is 5. The van der Waals surface area contributed by atoms with Gasteiger partial charge in [-0.3, -0.25) is 9.69 Å². The average molecular weight is 826 g/mol. The van der Waals surface area contributed by atoms with E-state index in [4.69, 9.17) is 23.7 Å². The van der Waals surface area contributed by atoms with Crippen LogP contribution in [0.15, 0.2) is 36.0 Å². The molecule has 0 aromatic heterocycles. The molecule has 1 saturated carbocycles. The molecule has 0 aromatic carbocycles. The molecule has 0 aromatic rings. The molecule has 58 heavy (non-hydrogen) atoms. The molecule has 2 saturated heterocycles. The Morgan fingerprint density at radius 3 is 2.31 bits per heavy atom. The van der Waals surface area contributed by atoms with Crippen molar-refractivity contribution in [2.24, 2.45) is 23.7 Å². The minimum absolute atomic E-state index is 0.0521. The van der Waals surface area contributed by atoms with Crippen LogP contribution in [0.25, 0.3) is 0 Å². The Morgan fingerprint density at radius 1 is 1.00 bits per heavy atom. The van der Waals surface area contributed by atoms with E-state index < -0.39 is 78.9 Å². The zero-order valence-electron chi connectivity index (χ0n) is 36.9. The second-order valence-electron chi connectivity index (χ2n) is 17.6. The number of likely N-dealkylation sites (tertiary alicyclic amines) is 1. The van der Waals surface area contributed by atoms with Gasteiger partial charge in [-0.2, -0.15) is 0 Å². The highest BCUT2D eigenvalue weighted by Crippen LogP contribution is 2.41. The first-order chi connectivity index (χ1) is 27.4. The summed E-state index contributed by atoms with van der Waals surface area (Å²) in [5.41, 5.74) is 2.01. The molecule has 16 unspecified atom stereocenters. The number of hydrogen-bond donors (Lipinski definition) is 6. The summed E-state index contributed by atoms with van der Waals surface area (Å²) < 4.78 is 30.2. The van der Waals surface area contributed by atoms with Crippen LogP contribution in [0.1, 0.15) is 119 Å². The number of piperidine rings is 1. The zero-order valence-corrected chi connectivity index (χ0v) is 36.9. The third-order valence-corrected chi connectivity index (χ3v) is 13.2. The SMILES string of the molecule is C=CCCC(=O)CC(O)C(C)C(OC(O)C1CCCCN1C(O)C(O)C1(O)OC(C(CC(C)CC(C)=CC)OC)C(OC)CC1C)C(C)=CC1CCC(O)C(OC)C1. The Kier molecular flexibility index (Phi) is 21.1. The number of aliphatic hydroxyl groups is 6. The molecular weight excluding hydrogens is 746 g/mol. The summed E-state index contributed by atoms with van der Waals surface area (Å²) >= 11 is 0. The van der Waals surface area contributed by atoms with E-state index in [0.29, 0.717) is 51.5 Å². The Balaban J connectivity index is 1.88. The van der Waals surface area contributed by atoms with Gasteiger partial charge < -0.3 is 54.3 Å². The minimum atomic E-state index is -2.18. The minimum Gasteiger partial charge on any atom is -0.392 e. The first-order valence-corrected chi connectivity index (χ1v) is 21.7. The average Bonchev–Trinajstić information content (AvgIpc) is 3.21. The van der Waals surface area contributed by atoms with Crippen molar-refractivity contribution in [3.63, 3.8) is 0 Å². The highest BCUT2D eigenvalue weighted by atomic mass is 16.7. The van der Waals surface area contributed by atoms with Crippen LogP contribution < -0.4 is 0 Å². The van der Waals surface area contributed by atoms with E-state index in [9.17, 15) is 35.4 Å². The van der Waals surface area contributed by atoms with E-state index in [1.165, 1.54) is 5.57 Å². The van der Waals surface area contributed by atoms with Crippen LogP contribution in [0.3, 0.4) is 0 Å². The van der Waals surface area contributed by atoms with Crippen LogP contribution in [0.5, 0.6) is 0 Å². The molecule has 3 fully saturated rings. The molecule has 0 bridgehead atoms. The molecule has 16 atom stereocenters. The molecule has 13 nitrogen and oxygen atoms in total. The lowest BCUT2D eigenvalue weighted by Gasteiger charge is -2.52. The van der Waals surface area contributed by atoms with Gasteiger partial charge in [-0.05, 0) is 96.0 Å². The van der Waals surface area contributed by atoms with Crippen LogP contribution in [-0.2, 0) is 28.5 Å². The normalized spacial score (nSPS) is 33.4. The van der Waals surface area contributed by atoms with E-state index >= 15 is 0 Å². The van der Waals surface area contributed by atoms with Gasteiger partial charge in [0.25, 0.3) is 0 Å². The molecule has 0 amide bonds. The fraction of sp³-hybridized carbons (Fsp3) is 0.844. The highest BCUT2D eigenvalue weighted by Gasteiger charge is 2.56. The van der Waals surface area contributed by atoms with Gasteiger partial charge in [0.15, 0.2) is 12.1 Å². The number of carbonyl (C=O) groups excluding carboxylic acids is 1. The summed E-state index contributed by atoms with van der Waals surface area (Å²) in [5, 5.41) is 69.7. The predicted octanol–water partition coefficient (Wildman–Crippen LogP) is 4.79. The maximum atomic E-state index is 12.7. The first kappa shape index (κ1) is 50.8. The number of Topliss-reactive ketones (excluding diaryl/α,β-unsaturated/α-hetero) is 1. The van der Waals surface area contributed by atoms with Gasteiger partial charge in [0.05, 0.1) is 42.7 Å². The third-order valence-electron chi connectivity index (χ3n) is 13.2. The molecular formula is C45H79NO12. The Morgan fingerprint density at radius 2 is 1.69 bits per heavy atom. The van der Waals surface area contributed by atoms with Gasteiger partial charge in [0.1, 0.15) is 24.2 Å². The third kappa shape index (κ3) is 13.5. The lowest BCUT2D eigenvalue weighted by Crippen LogP contribution is -2.67. The number of methoxy groups -OCH3 is 3. The van der Waals surface area contributed by atoms with Crippen molar-refractivity contribution in [1.29, 1.82) is 0 Å². The molecule has 336 valence electrons. The van der Waals surface area contributed by atoms with Gasteiger partial charge in [0, 0.05) is 52.6 Å². The predicted molar refractivity (Wildman–Crippen MR) is 222 cm³/mol. The second-order valence-corrected chi connectivity index (χ2v) is 17.6. The van der Waals surface area contributed by atoms with Crippen molar-refractivity contribution < 1.29 is 59.1 Å². The summed E-state index contributed by atoms with van der Waals surface area (Å²) in [6.45, 7) is 15.6. The molecule has 2 heterocycles. The van der Waals surface area contributed by atoms with Crippen LogP contribution >= 0.6 is 0 Å². The van der Waals surface area contributed by atoms with Crippen LogP contribution in [0.4, 0.5) is 0 Å². The number of carbonyl (C=O) groups is 1. The van der Waals surface area contributed by atoms with Crippen LogP contribution in [0, 0.1) is 23.7 Å². The van der Waals surface area contributed by atoms with Crippen molar-refractivity contribution in [2.45, 2.75) is 192 Å². The number of rotatable bonds is 23. The van der Waals surface area contributed by atoms with Crippen molar-refractivity contribution in [3.05, 3.63) is 36.0 Å². The molecule has 2 aliphatic heterocycles.